The van der Waals surface area contributed by atoms with Gasteiger partial charge in [-0.15, -0.1) is 0 Å². The molecule has 0 unspecified atom stereocenters. The van der Waals surface area contributed by atoms with Crippen LogP contribution in [-0.2, 0) is 0 Å². The van der Waals surface area contributed by atoms with Crippen molar-refractivity contribution in [2.75, 3.05) is 31.1 Å². The number of hydrogen-bond acceptors (Lipinski definition) is 6. The van der Waals surface area contributed by atoms with Crippen molar-refractivity contribution in [3.05, 3.63) is 36.5 Å². The molecule has 0 aliphatic carbocycles. The van der Waals surface area contributed by atoms with Crippen molar-refractivity contribution >= 4 is 22.9 Å². The van der Waals surface area contributed by atoms with Gasteiger partial charge in [0.15, 0.2) is 5.75 Å². The number of nitrogens with two attached hydrogens (primary N) is 1. The Hall–Kier alpha value is -3.13. The minimum atomic E-state index is -0.862. The predicted molar refractivity (Wildman–Crippen MR) is 94.6 cm³/mol. The molecular weight excluding hydrogens is 320 g/mol. The normalized spacial score (nSPS) is 14.6. The molecule has 2 aromatic heterocycles. The maximum atomic E-state index is 11.0. The van der Waals surface area contributed by atoms with E-state index in [0.29, 0.717) is 17.1 Å². The fraction of sp³-hybridized carbons (Fsp3) is 0.235. The van der Waals surface area contributed by atoms with Gasteiger partial charge in [-0.05, 0) is 24.3 Å². The lowest BCUT2D eigenvalue weighted by Gasteiger charge is -2.28. The highest BCUT2D eigenvalue weighted by molar-refractivity contribution is 5.87. The van der Waals surface area contributed by atoms with Crippen molar-refractivity contribution in [3.8, 4) is 17.1 Å². The van der Waals surface area contributed by atoms with E-state index in [4.69, 9.17) is 10.5 Å². The molecular formula is C17H18N6O2. The number of aromatic amines is 1. The quantitative estimate of drug-likeness (QED) is 0.667. The van der Waals surface area contributed by atoms with Crippen molar-refractivity contribution in [2.45, 2.75) is 0 Å². The number of para-hydroxylation sites is 1. The smallest absolute Gasteiger partial charge is 0.408 e. The molecule has 4 rings (SSSR count). The monoisotopic (exact) mass is 338 g/mol. The molecule has 1 saturated heterocycles. The first-order valence-electron chi connectivity index (χ1n) is 8.09. The third-order valence-corrected chi connectivity index (χ3v) is 4.15. The van der Waals surface area contributed by atoms with Crippen LogP contribution in [0.4, 0.5) is 10.6 Å². The summed E-state index contributed by atoms with van der Waals surface area (Å²) in [5.74, 6) is 1.95. The number of benzene rings is 1. The summed E-state index contributed by atoms with van der Waals surface area (Å²) in [6.07, 6.45) is 0.933. The van der Waals surface area contributed by atoms with E-state index in [2.05, 4.69) is 25.2 Å². The van der Waals surface area contributed by atoms with Crippen molar-refractivity contribution in [1.82, 2.24) is 20.3 Å². The number of H-pyrrole nitrogens is 1. The van der Waals surface area contributed by atoms with Gasteiger partial charge in [0.05, 0.1) is 5.52 Å². The summed E-state index contributed by atoms with van der Waals surface area (Å²) in [7, 11) is 0. The molecule has 1 aliphatic rings. The second-order valence-corrected chi connectivity index (χ2v) is 5.80. The molecule has 1 aliphatic heterocycles. The van der Waals surface area contributed by atoms with Crippen LogP contribution in [0.1, 0.15) is 0 Å². The van der Waals surface area contributed by atoms with Crippen LogP contribution in [0.25, 0.3) is 22.4 Å². The molecule has 0 radical (unpaired) electrons. The Morgan fingerprint density at radius 2 is 2.04 bits per heavy atom. The first-order chi connectivity index (χ1) is 12.2. The molecule has 1 fully saturated rings. The molecule has 0 saturated carbocycles. The zero-order valence-electron chi connectivity index (χ0n) is 13.5. The van der Waals surface area contributed by atoms with Crippen molar-refractivity contribution in [1.29, 1.82) is 0 Å². The largest absolute Gasteiger partial charge is 0.410 e. The summed E-state index contributed by atoms with van der Waals surface area (Å²) in [6, 6.07) is 9.27. The van der Waals surface area contributed by atoms with Crippen LogP contribution in [0, 0.1) is 0 Å². The summed E-state index contributed by atoms with van der Waals surface area (Å²) in [6.45, 7) is 3.83. The predicted octanol–water partition coefficient (Wildman–Crippen LogP) is 1.49. The number of carbonyl (C=O) groups is 1. The third-order valence-electron chi connectivity index (χ3n) is 4.15. The highest BCUT2D eigenvalue weighted by Crippen LogP contribution is 2.27. The maximum Gasteiger partial charge on any atom is 0.410 e. The number of primary amides is 1. The van der Waals surface area contributed by atoms with Gasteiger partial charge in [-0.1, -0.05) is 6.07 Å². The number of piperazine rings is 1. The molecule has 0 spiro atoms. The molecule has 3 aromatic rings. The number of amides is 1. The highest BCUT2D eigenvalue weighted by Gasteiger charge is 2.14. The topological polar surface area (TPSA) is 109 Å². The van der Waals surface area contributed by atoms with Crippen LogP contribution >= 0.6 is 0 Å². The molecule has 0 bridgehead atoms. The first kappa shape index (κ1) is 15.4. The lowest BCUT2D eigenvalue weighted by atomic mass is 10.2. The second-order valence-electron chi connectivity index (χ2n) is 5.80. The summed E-state index contributed by atoms with van der Waals surface area (Å²) in [4.78, 5) is 25.6. The van der Waals surface area contributed by atoms with Crippen LogP contribution < -0.4 is 20.7 Å². The number of nitrogens with zero attached hydrogens (tertiary/aromatic N) is 3. The molecule has 8 heteroatoms. The average Bonchev–Trinajstić information content (AvgIpc) is 3.08. The molecule has 4 N–H and O–H groups in total. The van der Waals surface area contributed by atoms with Crippen molar-refractivity contribution in [3.63, 3.8) is 0 Å². The summed E-state index contributed by atoms with van der Waals surface area (Å²) < 4.78 is 5.00. The number of hydrogen-bond donors (Lipinski definition) is 3. The van der Waals surface area contributed by atoms with Gasteiger partial charge in [0.25, 0.3) is 0 Å². The SMILES string of the molecule is NC(=O)Oc1cccc2[nH]c(-c3ccc(N4CCNCC4)nc3)nc12. The molecule has 1 aromatic carbocycles. The first-order valence-corrected chi connectivity index (χ1v) is 8.09. The van der Waals surface area contributed by atoms with Gasteiger partial charge in [0.2, 0.25) is 0 Å². The van der Waals surface area contributed by atoms with Crippen molar-refractivity contribution < 1.29 is 9.53 Å². The number of carbonyl (C=O) groups excluding carboxylic acids is 1. The number of rotatable bonds is 3. The number of anilines is 1. The third kappa shape index (κ3) is 3.11. The summed E-state index contributed by atoms with van der Waals surface area (Å²) in [5.41, 5.74) is 7.29. The molecule has 1 amide bonds. The van der Waals surface area contributed by atoms with Gasteiger partial charge in [-0.3, -0.25) is 0 Å². The van der Waals surface area contributed by atoms with Gasteiger partial charge in [-0.2, -0.15) is 0 Å². The number of fused-ring (bicyclic) bond motifs is 1. The highest BCUT2D eigenvalue weighted by atomic mass is 16.5. The standard InChI is InChI=1S/C17H18N6O2/c18-17(24)25-13-3-1-2-12-15(13)22-16(21-12)11-4-5-14(20-10-11)23-8-6-19-7-9-23/h1-5,10,19H,6-9H2,(H2,18,24)(H,21,22). The zero-order chi connectivity index (χ0) is 17.2. The fourth-order valence-electron chi connectivity index (χ4n) is 2.94. The van der Waals surface area contributed by atoms with E-state index >= 15 is 0 Å². The Labute approximate surface area is 144 Å². The number of ether oxygens (including phenoxy) is 1. The Morgan fingerprint density at radius 1 is 1.20 bits per heavy atom. The number of pyridine rings is 1. The number of imidazole rings is 1. The van der Waals surface area contributed by atoms with E-state index in [1.54, 1.807) is 18.3 Å². The maximum absolute atomic E-state index is 11.0. The van der Waals surface area contributed by atoms with E-state index < -0.39 is 6.09 Å². The van der Waals surface area contributed by atoms with Crippen LogP contribution in [0.5, 0.6) is 5.75 Å². The second kappa shape index (κ2) is 6.40. The lowest BCUT2D eigenvalue weighted by Crippen LogP contribution is -2.43. The van der Waals surface area contributed by atoms with Crippen molar-refractivity contribution in [2.24, 2.45) is 5.73 Å². The van der Waals surface area contributed by atoms with Gasteiger partial charge in [-0.25, -0.2) is 14.8 Å². The Kier molecular flexibility index (Phi) is 3.95. The Bertz CT molecular complexity index is 899. The minimum absolute atomic E-state index is 0.331. The number of aromatic nitrogens is 3. The summed E-state index contributed by atoms with van der Waals surface area (Å²) >= 11 is 0. The van der Waals surface area contributed by atoms with Gasteiger partial charge >= 0.3 is 6.09 Å². The zero-order valence-corrected chi connectivity index (χ0v) is 13.5. The van der Waals surface area contributed by atoms with Gasteiger partial charge in [0, 0.05) is 37.9 Å². The Balaban J connectivity index is 1.64. The molecule has 0 atom stereocenters. The molecule has 25 heavy (non-hydrogen) atoms. The lowest BCUT2D eigenvalue weighted by molar-refractivity contribution is 0.211. The van der Waals surface area contributed by atoms with E-state index in [-0.39, 0.29) is 0 Å². The molecule has 128 valence electrons. The van der Waals surface area contributed by atoms with Gasteiger partial charge < -0.3 is 25.7 Å². The van der Waals surface area contributed by atoms with E-state index in [0.717, 1.165) is 43.1 Å². The van der Waals surface area contributed by atoms with Crippen LogP contribution in [-0.4, -0.2) is 47.2 Å². The van der Waals surface area contributed by atoms with E-state index in [1.165, 1.54) is 0 Å². The van der Waals surface area contributed by atoms with Crippen LogP contribution in [0.2, 0.25) is 0 Å². The van der Waals surface area contributed by atoms with Gasteiger partial charge in [0.1, 0.15) is 17.2 Å². The average molecular weight is 338 g/mol. The Morgan fingerprint density at radius 3 is 2.76 bits per heavy atom. The fourth-order valence-corrected chi connectivity index (χ4v) is 2.94. The minimum Gasteiger partial charge on any atom is -0.408 e. The number of nitrogens with one attached hydrogen (secondary N) is 2. The van der Waals surface area contributed by atoms with Crippen LogP contribution in [0.3, 0.4) is 0 Å². The summed E-state index contributed by atoms with van der Waals surface area (Å²) in [5, 5.41) is 3.33. The molecule has 3 heterocycles. The molecule has 8 nitrogen and oxygen atoms in total. The van der Waals surface area contributed by atoms with E-state index in [1.807, 2.05) is 18.2 Å². The van der Waals surface area contributed by atoms with E-state index in [9.17, 15) is 4.79 Å². The van der Waals surface area contributed by atoms with Crippen LogP contribution in [0.15, 0.2) is 36.5 Å².